The van der Waals surface area contributed by atoms with Crippen molar-refractivity contribution in [2.75, 3.05) is 0 Å². The minimum absolute atomic E-state index is 0. The summed E-state index contributed by atoms with van der Waals surface area (Å²) >= 11 is 0. The van der Waals surface area contributed by atoms with E-state index in [4.69, 9.17) is 18.4 Å². The van der Waals surface area contributed by atoms with Crippen LogP contribution in [0.2, 0.25) is 0 Å². The SMILES string of the molecule is C=O.[Ni].c1ccc(OP(Oc2ccccc2)Oc2ccccc2)cc1.c1ccc(P(c2ccccc2)c2ccccc2)cc1.c1ccc(P(c2ccccc2)c2ccccc2)cc1. The average molecular weight is 924 g/mol. The van der Waals surface area contributed by atoms with Crippen molar-refractivity contribution < 1.29 is 34.9 Å². The molecule has 0 bridgehead atoms. The fourth-order valence-corrected chi connectivity index (χ4v) is 11.7. The van der Waals surface area contributed by atoms with Crippen LogP contribution in [0.15, 0.2) is 273 Å². The number of para-hydroxylation sites is 3. The van der Waals surface area contributed by atoms with Crippen LogP contribution in [0.1, 0.15) is 0 Å². The zero-order valence-corrected chi connectivity index (χ0v) is 38.1. The first-order valence-corrected chi connectivity index (χ1v) is 23.8. The molecule has 0 fully saturated rings. The molecule has 8 heteroatoms. The minimum Gasteiger partial charge on any atom is -0.409 e. The summed E-state index contributed by atoms with van der Waals surface area (Å²) in [4.78, 5) is 8.00. The van der Waals surface area contributed by atoms with Gasteiger partial charge in [-0.15, -0.1) is 0 Å². The summed E-state index contributed by atoms with van der Waals surface area (Å²) in [6.45, 7) is 2.00. The van der Waals surface area contributed by atoms with Gasteiger partial charge in [0.25, 0.3) is 0 Å². The fourth-order valence-electron chi connectivity index (χ4n) is 6.11. The third-order valence-corrected chi connectivity index (χ3v) is 14.8. The van der Waals surface area contributed by atoms with Crippen LogP contribution in [-0.4, -0.2) is 6.79 Å². The van der Waals surface area contributed by atoms with Gasteiger partial charge in [-0.3, -0.25) is 0 Å². The van der Waals surface area contributed by atoms with Gasteiger partial charge in [-0.2, -0.15) is 0 Å². The Kier molecular flexibility index (Phi) is 21.1. The molecule has 0 N–H and O–H groups in total. The van der Waals surface area contributed by atoms with Crippen LogP contribution >= 0.6 is 24.4 Å². The maximum atomic E-state index is 8.00. The summed E-state index contributed by atoms with van der Waals surface area (Å²) in [5.41, 5.74) is 0. The summed E-state index contributed by atoms with van der Waals surface area (Å²) in [6.07, 6.45) is 0. The monoisotopic (exact) mass is 922 g/mol. The van der Waals surface area contributed by atoms with Crippen LogP contribution in [-0.2, 0) is 21.3 Å². The van der Waals surface area contributed by atoms with Gasteiger partial charge >= 0.3 is 8.60 Å². The molecule has 0 amide bonds. The third kappa shape index (κ3) is 15.6. The molecular weight excluding hydrogens is 876 g/mol. The van der Waals surface area contributed by atoms with Gasteiger partial charge in [-0.1, -0.05) is 237 Å². The van der Waals surface area contributed by atoms with E-state index in [1.165, 1.54) is 31.8 Å². The molecule has 0 aliphatic heterocycles. The van der Waals surface area contributed by atoms with Crippen molar-refractivity contribution in [1.29, 1.82) is 0 Å². The molecule has 0 aliphatic carbocycles. The van der Waals surface area contributed by atoms with Gasteiger partial charge in [-0.05, 0) is 84.1 Å². The Labute approximate surface area is 386 Å². The minimum atomic E-state index is -1.59. The van der Waals surface area contributed by atoms with E-state index in [1.807, 2.05) is 97.8 Å². The van der Waals surface area contributed by atoms with E-state index in [0.29, 0.717) is 17.2 Å². The van der Waals surface area contributed by atoms with Gasteiger partial charge in [0.1, 0.15) is 24.0 Å². The summed E-state index contributed by atoms with van der Waals surface area (Å²) in [5, 5.41) is 8.39. The van der Waals surface area contributed by atoms with Crippen molar-refractivity contribution >= 4 is 63.1 Å². The van der Waals surface area contributed by atoms with Crippen LogP contribution in [0.3, 0.4) is 0 Å². The van der Waals surface area contributed by atoms with Gasteiger partial charge in [0.2, 0.25) is 0 Å². The van der Waals surface area contributed by atoms with Gasteiger partial charge in [0, 0.05) is 16.5 Å². The second-order valence-electron chi connectivity index (χ2n) is 13.1. The zero-order valence-electron chi connectivity index (χ0n) is 34.5. The van der Waals surface area contributed by atoms with Gasteiger partial charge in [0.05, 0.1) is 0 Å². The molecule has 63 heavy (non-hydrogen) atoms. The standard InChI is InChI=1S/C18H15O3P.2C18H15P.CH2O.Ni/c1-4-10-16(11-5-1)19-22(20-17-12-6-2-7-13-17)21-18-14-8-3-9-15-18;2*1-4-10-16(11-5-1)19(17-12-6-2-7-13-17)18-14-8-3-9-15-18;1-2;/h1-15H;2*1-15H;1H2;. The van der Waals surface area contributed by atoms with Crippen LogP contribution < -0.4 is 45.4 Å². The Balaban J connectivity index is 0.000000174. The largest absolute Gasteiger partial charge is 0.530 e. The van der Waals surface area contributed by atoms with E-state index in [2.05, 4.69) is 182 Å². The van der Waals surface area contributed by atoms with Crippen molar-refractivity contribution in [3.05, 3.63) is 273 Å². The first-order valence-electron chi connectivity index (χ1n) is 20.0. The van der Waals surface area contributed by atoms with Gasteiger partial charge < -0.3 is 18.4 Å². The van der Waals surface area contributed by atoms with Crippen molar-refractivity contribution in [3.8, 4) is 17.2 Å². The maximum Gasteiger partial charge on any atom is 0.530 e. The number of benzene rings is 9. The van der Waals surface area contributed by atoms with E-state index in [9.17, 15) is 0 Å². The number of hydrogen-bond donors (Lipinski definition) is 0. The molecule has 0 aromatic heterocycles. The molecule has 0 aliphatic rings. The Hall–Kier alpha value is -6.17. The number of hydrogen-bond acceptors (Lipinski definition) is 4. The topological polar surface area (TPSA) is 44.8 Å². The van der Waals surface area contributed by atoms with Crippen molar-refractivity contribution in [2.24, 2.45) is 0 Å². The van der Waals surface area contributed by atoms with Gasteiger partial charge in [-0.25, -0.2) is 0 Å². The third-order valence-electron chi connectivity index (χ3n) is 8.86. The van der Waals surface area contributed by atoms with Crippen molar-refractivity contribution in [3.63, 3.8) is 0 Å². The normalized spacial score (nSPS) is 10.0. The molecule has 0 spiro atoms. The quantitative estimate of drug-likeness (QED) is 0.0905. The van der Waals surface area contributed by atoms with E-state index in [-0.39, 0.29) is 16.5 Å². The average Bonchev–Trinajstić information content (AvgIpc) is 3.36. The van der Waals surface area contributed by atoms with Crippen molar-refractivity contribution in [2.45, 2.75) is 0 Å². The maximum absolute atomic E-state index is 8.00. The molecule has 0 saturated heterocycles. The molecule has 9 rings (SSSR count). The smallest absolute Gasteiger partial charge is 0.409 e. The van der Waals surface area contributed by atoms with E-state index < -0.39 is 24.4 Å². The molecule has 9 aromatic carbocycles. The second kappa shape index (κ2) is 27.7. The number of rotatable bonds is 12. The first kappa shape index (κ1) is 47.9. The molecule has 316 valence electrons. The van der Waals surface area contributed by atoms with Crippen molar-refractivity contribution in [1.82, 2.24) is 0 Å². The van der Waals surface area contributed by atoms with E-state index in [1.54, 1.807) is 0 Å². The van der Waals surface area contributed by atoms with E-state index in [0.717, 1.165) is 0 Å². The Morgan fingerprint density at radius 1 is 0.238 bits per heavy atom. The molecular formula is C55H47NiO4P3. The number of carbonyl (C=O) groups excluding carboxylic acids is 1. The Morgan fingerprint density at radius 3 is 0.540 bits per heavy atom. The van der Waals surface area contributed by atoms with Crippen LogP contribution in [0.5, 0.6) is 17.2 Å². The summed E-state index contributed by atoms with van der Waals surface area (Å²) in [7, 11) is -2.48. The van der Waals surface area contributed by atoms with Crippen LogP contribution in [0.25, 0.3) is 0 Å². The van der Waals surface area contributed by atoms with Crippen LogP contribution in [0.4, 0.5) is 0 Å². The van der Waals surface area contributed by atoms with Gasteiger partial charge in [0.15, 0.2) is 0 Å². The molecule has 0 heterocycles. The predicted octanol–water partition coefficient (Wildman–Crippen LogP) is 12.2. The van der Waals surface area contributed by atoms with E-state index >= 15 is 0 Å². The Morgan fingerprint density at radius 2 is 0.381 bits per heavy atom. The summed E-state index contributed by atoms with van der Waals surface area (Å²) < 4.78 is 17.5. The second-order valence-corrected chi connectivity index (χ2v) is 18.6. The molecule has 0 unspecified atom stereocenters. The molecule has 0 radical (unpaired) electrons. The first-order chi connectivity index (χ1) is 30.8. The predicted molar refractivity (Wildman–Crippen MR) is 266 cm³/mol. The zero-order chi connectivity index (χ0) is 42.9. The molecule has 0 atom stereocenters. The Bertz CT molecular complexity index is 2110. The molecule has 9 aromatic rings. The number of carbonyl (C=O) groups is 1. The fraction of sp³-hybridized carbons (Fsp3) is 0. The summed E-state index contributed by atoms with van der Waals surface area (Å²) in [6, 6.07) is 93.2. The molecule has 4 nitrogen and oxygen atoms in total. The van der Waals surface area contributed by atoms with Crippen LogP contribution in [0, 0.1) is 0 Å². The molecule has 0 saturated carbocycles. The summed E-state index contributed by atoms with van der Waals surface area (Å²) in [5.74, 6) is 2.13.